The van der Waals surface area contributed by atoms with Crippen molar-refractivity contribution in [2.75, 3.05) is 0 Å². The van der Waals surface area contributed by atoms with Crippen LogP contribution in [0.25, 0.3) is 0 Å². The smallest absolute Gasteiger partial charge is 0.126 e. The maximum atomic E-state index is 12.9. The van der Waals surface area contributed by atoms with Gasteiger partial charge in [-0.1, -0.05) is 213 Å². The van der Waals surface area contributed by atoms with E-state index in [0.29, 0.717) is 50.0 Å². The van der Waals surface area contributed by atoms with Crippen LogP contribution in [-0.2, 0) is 84.2 Å². The molecule has 7 aromatic carbocycles. The number of hydrogen-bond acceptors (Lipinski definition) is 6. The van der Waals surface area contributed by atoms with E-state index in [1.807, 2.05) is 0 Å². The molecule has 0 saturated heterocycles. The summed E-state index contributed by atoms with van der Waals surface area (Å²) >= 11 is 3.89. The molecule has 4 N–H and O–H groups in total. The highest BCUT2D eigenvalue weighted by Crippen LogP contribution is 2.46. The number of fused-ring (bicyclic) bond motifs is 10. The highest BCUT2D eigenvalue weighted by atomic mass is 79.9. The Morgan fingerprint density at radius 2 is 0.444 bits per heavy atom. The standard InChI is InChI=1S/C74H89BrO6/c1-69(2,3)56-28-44-22-45-29-57(70(4,5)6)33-49(64(45)77)25-54-38-61(74(16,17)18)39-55-27-51-35-59(72(10,11)12)31-47(66(51)79)23-46-30-58(71(7,8)9)34-50(65(46)78)26-53-37-60(73(13,14)15)36-52(24-48(32-56)63(44)76)67(53)80-40-42-19-43(21-62(75)20-42)41-81-68(54)55/h19-21,28-39,76-79H,22-27,40-41H2,1-18H3. The van der Waals surface area contributed by atoms with Crippen molar-refractivity contribution in [2.24, 2.45) is 0 Å². The summed E-state index contributed by atoms with van der Waals surface area (Å²) in [6, 6.07) is 32.5. The van der Waals surface area contributed by atoms with Crippen LogP contribution in [0.3, 0.4) is 0 Å². The van der Waals surface area contributed by atoms with Crippen molar-refractivity contribution in [1.82, 2.24) is 0 Å². The Hall–Kier alpha value is -6.18. The van der Waals surface area contributed by atoms with Crippen LogP contribution < -0.4 is 9.47 Å². The number of halogens is 1. The van der Waals surface area contributed by atoms with Crippen LogP contribution in [0.5, 0.6) is 34.5 Å². The van der Waals surface area contributed by atoms with Crippen molar-refractivity contribution in [3.63, 3.8) is 0 Å². The van der Waals surface area contributed by atoms with Gasteiger partial charge in [0.15, 0.2) is 0 Å². The van der Waals surface area contributed by atoms with Crippen LogP contribution >= 0.6 is 15.9 Å². The van der Waals surface area contributed by atoms with E-state index in [0.717, 1.165) is 116 Å². The van der Waals surface area contributed by atoms with E-state index in [-0.39, 0.29) is 68.7 Å². The van der Waals surface area contributed by atoms with Crippen LogP contribution in [0.2, 0.25) is 0 Å². The molecule has 2 aliphatic heterocycles. The van der Waals surface area contributed by atoms with Crippen LogP contribution in [0, 0.1) is 0 Å². The molecular formula is C74H89BrO6. The molecule has 81 heavy (non-hydrogen) atoms. The lowest BCUT2D eigenvalue weighted by Gasteiger charge is -2.28. The summed E-state index contributed by atoms with van der Waals surface area (Å²) in [4.78, 5) is 0. The van der Waals surface area contributed by atoms with Crippen LogP contribution in [0.1, 0.15) is 236 Å². The second-order valence-corrected chi connectivity index (χ2v) is 30.8. The van der Waals surface area contributed by atoms with E-state index in [1.165, 1.54) is 0 Å². The van der Waals surface area contributed by atoms with Crippen molar-refractivity contribution in [1.29, 1.82) is 0 Å². The molecule has 2 aliphatic rings. The zero-order chi connectivity index (χ0) is 59.3. The molecule has 0 spiro atoms. The van der Waals surface area contributed by atoms with Crippen LogP contribution in [0.4, 0.5) is 0 Å². The van der Waals surface area contributed by atoms with Crippen LogP contribution in [-0.4, -0.2) is 20.4 Å². The first-order chi connectivity index (χ1) is 37.4. The lowest BCUT2D eigenvalue weighted by Crippen LogP contribution is -2.16. The molecular weight excluding hydrogens is 1060 g/mol. The van der Waals surface area contributed by atoms with Gasteiger partial charge < -0.3 is 29.9 Å². The lowest BCUT2D eigenvalue weighted by molar-refractivity contribution is 0.293. The van der Waals surface area contributed by atoms with E-state index in [9.17, 15) is 20.4 Å². The van der Waals surface area contributed by atoms with Crippen molar-refractivity contribution >= 4 is 15.9 Å². The van der Waals surface area contributed by atoms with Gasteiger partial charge in [-0.15, -0.1) is 0 Å². The average Bonchev–Trinajstić information content (AvgIpc) is 3.38. The predicted octanol–water partition coefficient (Wildman–Crippen LogP) is 18.4. The Morgan fingerprint density at radius 1 is 0.272 bits per heavy atom. The summed E-state index contributed by atoms with van der Waals surface area (Å²) in [6.07, 6.45) is 2.00. The first-order valence-electron chi connectivity index (χ1n) is 29.2. The zero-order valence-corrected chi connectivity index (χ0v) is 53.4. The fourth-order valence-electron chi connectivity index (χ4n) is 11.5. The third-order valence-corrected chi connectivity index (χ3v) is 17.3. The number of aromatic hydroxyl groups is 4. The molecule has 9 rings (SSSR count). The molecule has 7 heteroatoms. The van der Waals surface area contributed by atoms with Gasteiger partial charge in [-0.3, -0.25) is 0 Å². The SMILES string of the molecule is CC(C)(C)c1cc2c(O)c(c1)Cc1cc(C(C)(C)C)cc3c1OCc1cc(Br)cc(c1)COc1c(cc(C(C)(C)C)cc1Cc1cc(C(C)(C)C)cc(c1O)Cc1cc(C(C)(C)C)cc(c1O)C3)Cc1cc(C(C)(C)C)cc(c1O)C2. The van der Waals surface area contributed by atoms with E-state index in [4.69, 9.17) is 9.47 Å². The Kier molecular flexibility index (Phi) is 15.6. The van der Waals surface area contributed by atoms with Crippen molar-refractivity contribution < 1.29 is 29.9 Å². The number of rotatable bonds is 0. The maximum absolute atomic E-state index is 12.9. The molecule has 0 unspecified atom stereocenters. The van der Waals surface area contributed by atoms with Gasteiger partial charge in [0.05, 0.1) is 0 Å². The summed E-state index contributed by atoms with van der Waals surface area (Å²) < 4.78 is 15.5. The molecule has 0 atom stereocenters. The highest BCUT2D eigenvalue weighted by Gasteiger charge is 2.31. The summed E-state index contributed by atoms with van der Waals surface area (Å²) in [6.45, 7) is 40.3. The van der Waals surface area contributed by atoms with Gasteiger partial charge in [0, 0.05) is 43.0 Å². The number of ether oxygens (including phenoxy) is 2. The van der Waals surface area contributed by atoms with Crippen molar-refractivity contribution in [3.05, 3.63) is 207 Å². The second kappa shape index (κ2) is 21.2. The van der Waals surface area contributed by atoms with E-state index >= 15 is 0 Å². The molecule has 428 valence electrons. The molecule has 7 aromatic rings. The molecule has 0 radical (unpaired) electrons. The maximum Gasteiger partial charge on any atom is 0.126 e. The van der Waals surface area contributed by atoms with Crippen molar-refractivity contribution in [3.8, 4) is 34.5 Å². The van der Waals surface area contributed by atoms with E-state index in [1.54, 1.807) is 0 Å². The first kappa shape index (κ1) is 59.4. The third-order valence-electron chi connectivity index (χ3n) is 16.8. The van der Waals surface area contributed by atoms with Gasteiger partial charge in [0.1, 0.15) is 47.7 Å². The van der Waals surface area contributed by atoms with Crippen LogP contribution in [0.15, 0.2) is 95.5 Å². The molecule has 0 saturated carbocycles. The van der Waals surface area contributed by atoms with Gasteiger partial charge in [-0.2, -0.15) is 0 Å². The minimum Gasteiger partial charge on any atom is -0.507 e. The molecule has 2 heterocycles. The molecule has 0 aliphatic carbocycles. The van der Waals surface area contributed by atoms with Gasteiger partial charge >= 0.3 is 0 Å². The third kappa shape index (κ3) is 12.9. The number of phenols is 4. The zero-order valence-electron chi connectivity index (χ0n) is 51.8. The average molecular weight is 1150 g/mol. The fraction of sp³-hybridized carbons (Fsp3) is 0.432. The largest absolute Gasteiger partial charge is 0.507 e. The second-order valence-electron chi connectivity index (χ2n) is 29.9. The first-order valence-corrected chi connectivity index (χ1v) is 30.0. The normalized spacial score (nSPS) is 14.6. The molecule has 12 bridgehead atoms. The topological polar surface area (TPSA) is 99.4 Å². The Balaban J connectivity index is 1.46. The number of phenolic OH excluding ortho intramolecular Hbond substituents is 4. The highest BCUT2D eigenvalue weighted by molar-refractivity contribution is 9.10. The summed E-state index contributed by atoms with van der Waals surface area (Å²) in [5.41, 5.74) is 16.4. The molecule has 6 nitrogen and oxygen atoms in total. The van der Waals surface area contributed by atoms with Gasteiger partial charge in [-0.25, -0.2) is 0 Å². The van der Waals surface area contributed by atoms with Gasteiger partial charge in [0.2, 0.25) is 0 Å². The number of hydrogen-bond donors (Lipinski definition) is 4. The minimum atomic E-state index is -0.286. The summed E-state index contributed by atoms with van der Waals surface area (Å²) in [7, 11) is 0. The van der Waals surface area contributed by atoms with Gasteiger partial charge in [-0.05, 0) is 162 Å². The number of benzene rings is 7. The molecule has 0 amide bonds. The Bertz CT molecular complexity index is 3170. The summed E-state index contributed by atoms with van der Waals surface area (Å²) in [5, 5.41) is 51.6. The summed E-state index contributed by atoms with van der Waals surface area (Å²) in [5.74, 6) is 2.17. The van der Waals surface area contributed by atoms with Gasteiger partial charge in [0.25, 0.3) is 0 Å². The van der Waals surface area contributed by atoms with E-state index < -0.39 is 0 Å². The monoisotopic (exact) mass is 1150 g/mol. The van der Waals surface area contributed by atoms with E-state index in [2.05, 4.69) is 232 Å². The molecule has 0 fully saturated rings. The van der Waals surface area contributed by atoms with Crippen molar-refractivity contribution in [2.45, 2.75) is 209 Å². The minimum absolute atomic E-state index is 0.193. The Morgan fingerprint density at radius 3 is 0.630 bits per heavy atom. The Labute approximate surface area is 493 Å². The predicted molar refractivity (Wildman–Crippen MR) is 337 cm³/mol. The fourth-order valence-corrected chi connectivity index (χ4v) is 12.1. The lowest BCUT2D eigenvalue weighted by atomic mass is 9.79. The quantitative estimate of drug-likeness (QED) is 0.121. The molecule has 0 aromatic heterocycles.